The van der Waals surface area contributed by atoms with Crippen molar-refractivity contribution in [1.82, 2.24) is 19.9 Å². The lowest BCUT2D eigenvalue weighted by atomic mass is 9.85. The Hall–Kier alpha value is -6.78. The first-order valence-electron chi connectivity index (χ1n) is 16.7. The van der Waals surface area contributed by atoms with E-state index in [-0.39, 0.29) is 0 Å². The molecule has 0 amide bonds. The number of fused-ring (bicyclic) bond motifs is 2. The van der Waals surface area contributed by atoms with E-state index < -0.39 is 0 Å². The van der Waals surface area contributed by atoms with Crippen LogP contribution in [0.4, 0.5) is 0 Å². The zero-order valence-electron chi connectivity index (χ0n) is 27.1. The summed E-state index contributed by atoms with van der Waals surface area (Å²) in [5, 5.41) is 4.89. The predicted octanol–water partition coefficient (Wildman–Crippen LogP) is 11.6. The maximum Gasteiger partial charge on any atom is 0.161 e. The number of hydrogen-bond donors (Lipinski definition) is 0. The summed E-state index contributed by atoms with van der Waals surface area (Å²) in [6, 6.07) is 57.2. The number of pyridine rings is 2. The normalized spacial score (nSPS) is 11.2. The Morgan fingerprint density at radius 2 is 0.900 bits per heavy atom. The third kappa shape index (κ3) is 5.29. The average molecular weight is 639 g/mol. The number of aromatic nitrogens is 4. The highest BCUT2D eigenvalue weighted by molar-refractivity contribution is 6.21. The summed E-state index contributed by atoms with van der Waals surface area (Å²) in [6.45, 7) is 0. The summed E-state index contributed by atoms with van der Waals surface area (Å²) in [6.07, 6.45) is 5.41. The molecule has 3 heterocycles. The van der Waals surface area contributed by atoms with Gasteiger partial charge in [0.25, 0.3) is 0 Å². The molecule has 50 heavy (non-hydrogen) atoms. The highest BCUT2D eigenvalue weighted by Crippen LogP contribution is 2.44. The van der Waals surface area contributed by atoms with E-state index in [2.05, 4.69) is 131 Å². The first-order valence-corrected chi connectivity index (χ1v) is 16.7. The Balaban J connectivity index is 1.26. The lowest BCUT2D eigenvalue weighted by Crippen LogP contribution is -1.98. The van der Waals surface area contributed by atoms with E-state index in [9.17, 15) is 0 Å². The number of rotatable bonds is 6. The first kappa shape index (κ1) is 29.4. The Bertz CT molecular complexity index is 2580. The first-order chi connectivity index (χ1) is 24.8. The van der Waals surface area contributed by atoms with E-state index in [0.717, 1.165) is 44.9 Å². The van der Waals surface area contributed by atoms with Crippen LogP contribution in [-0.4, -0.2) is 19.9 Å². The minimum Gasteiger partial charge on any atom is -0.264 e. The van der Waals surface area contributed by atoms with E-state index >= 15 is 0 Å². The summed E-state index contributed by atoms with van der Waals surface area (Å²) < 4.78 is 0. The topological polar surface area (TPSA) is 51.6 Å². The molecule has 3 aromatic heterocycles. The van der Waals surface area contributed by atoms with Crippen molar-refractivity contribution in [2.24, 2.45) is 0 Å². The SMILES string of the molecule is c1ccc(-c2c3ccccc3c(-c3cccc(-c4cc(-c5ccccc5-c5ccccn5)nc(-c5cccnc5)n4)c3)c3ccccc23)cc1. The highest BCUT2D eigenvalue weighted by Gasteiger charge is 2.18. The van der Waals surface area contributed by atoms with Gasteiger partial charge < -0.3 is 0 Å². The minimum atomic E-state index is 0.620. The van der Waals surface area contributed by atoms with Crippen molar-refractivity contribution in [3.8, 4) is 67.4 Å². The van der Waals surface area contributed by atoms with E-state index in [4.69, 9.17) is 9.97 Å². The molecule has 0 saturated heterocycles. The third-order valence-corrected chi connectivity index (χ3v) is 9.23. The minimum absolute atomic E-state index is 0.620. The van der Waals surface area contributed by atoms with Gasteiger partial charge in [0.15, 0.2) is 5.82 Å². The second kappa shape index (κ2) is 12.7. The molecule has 0 fully saturated rings. The van der Waals surface area contributed by atoms with Gasteiger partial charge in [0.1, 0.15) is 0 Å². The Kier molecular flexibility index (Phi) is 7.45. The molecule has 0 aliphatic carbocycles. The van der Waals surface area contributed by atoms with Crippen LogP contribution in [0.1, 0.15) is 0 Å². The third-order valence-electron chi connectivity index (χ3n) is 9.23. The van der Waals surface area contributed by atoms with Crippen molar-refractivity contribution in [3.05, 3.63) is 182 Å². The van der Waals surface area contributed by atoms with Crippen molar-refractivity contribution in [2.75, 3.05) is 0 Å². The van der Waals surface area contributed by atoms with Gasteiger partial charge in [0.05, 0.1) is 17.1 Å². The van der Waals surface area contributed by atoms with Gasteiger partial charge in [0.2, 0.25) is 0 Å². The summed E-state index contributed by atoms with van der Waals surface area (Å²) in [5.74, 6) is 0.620. The van der Waals surface area contributed by atoms with Gasteiger partial charge in [-0.25, -0.2) is 9.97 Å². The van der Waals surface area contributed by atoms with Gasteiger partial charge in [-0.1, -0.05) is 127 Å². The van der Waals surface area contributed by atoms with E-state index in [1.54, 1.807) is 6.20 Å². The predicted molar refractivity (Wildman–Crippen MR) is 205 cm³/mol. The van der Waals surface area contributed by atoms with E-state index in [1.165, 1.54) is 38.2 Å². The lowest BCUT2D eigenvalue weighted by Gasteiger charge is -2.18. The second-order valence-electron chi connectivity index (χ2n) is 12.3. The number of hydrogen-bond acceptors (Lipinski definition) is 4. The summed E-state index contributed by atoms with van der Waals surface area (Å²) >= 11 is 0. The molecule has 0 aliphatic heterocycles. The van der Waals surface area contributed by atoms with Crippen molar-refractivity contribution in [2.45, 2.75) is 0 Å². The van der Waals surface area contributed by atoms with E-state index in [1.807, 2.05) is 54.9 Å². The Morgan fingerprint density at radius 3 is 1.56 bits per heavy atom. The maximum atomic E-state index is 5.15. The number of nitrogens with zero attached hydrogens (tertiary/aromatic N) is 4. The van der Waals surface area contributed by atoms with Crippen LogP contribution in [0.2, 0.25) is 0 Å². The van der Waals surface area contributed by atoms with Crippen LogP contribution >= 0.6 is 0 Å². The molecule has 9 rings (SSSR count). The molecule has 0 atom stereocenters. The highest BCUT2D eigenvalue weighted by atomic mass is 14.9. The average Bonchev–Trinajstić information content (AvgIpc) is 3.20. The second-order valence-corrected chi connectivity index (χ2v) is 12.3. The van der Waals surface area contributed by atoms with Crippen LogP contribution in [0, 0.1) is 0 Å². The molecular formula is C46H30N4. The zero-order chi connectivity index (χ0) is 33.3. The van der Waals surface area contributed by atoms with Crippen molar-refractivity contribution in [3.63, 3.8) is 0 Å². The molecule has 0 spiro atoms. The van der Waals surface area contributed by atoms with Gasteiger partial charge in [0, 0.05) is 40.8 Å². The molecule has 0 saturated carbocycles. The van der Waals surface area contributed by atoms with Gasteiger partial charge in [-0.05, 0) is 80.2 Å². The van der Waals surface area contributed by atoms with Crippen LogP contribution in [0.25, 0.3) is 89.0 Å². The fourth-order valence-corrected chi connectivity index (χ4v) is 7.00. The number of benzene rings is 6. The zero-order valence-corrected chi connectivity index (χ0v) is 27.1. The van der Waals surface area contributed by atoms with Crippen LogP contribution in [0.15, 0.2) is 182 Å². The molecular weight excluding hydrogens is 609 g/mol. The summed E-state index contributed by atoms with van der Waals surface area (Å²) in [7, 11) is 0. The molecule has 0 aliphatic rings. The van der Waals surface area contributed by atoms with Crippen LogP contribution in [-0.2, 0) is 0 Å². The van der Waals surface area contributed by atoms with Gasteiger partial charge in [-0.2, -0.15) is 0 Å². The van der Waals surface area contributed by atoms with Crippen LogP contribution < -0.4 is 0 Å². The molecule has 0 bridgehead atoms. The molecule has 6 aromatic carbocycles. The standard InChI is InChI=1S/C46H30N4/c1-2-14-31(15-3-1)44-37-21-6-8-23-39(37)45(40-24-9-7-22-38(40)44)33-17-12-16-32(28-33)42-29-43(50-46(49-42)34-18-13-26-47-30-34)36-20-5-4-19-35(36)41-25-10-11-27-48-41/h1-30H. The molecule has 4 nitrogen and oxygen atoms in total. The Labute approximate surface area is 290 Å². The summed E-state index contributed by atoms with van der Waals surface area (Å²) in [5.41, 5.74) is 11.2. The quantitative estimate of drug-likeness (QED) is 0.170. The van der Waals surface area contributed by atoms with Crippen LogP contribution in [0.3, 0.4) is 0 Å². The van der Waals surface area contributed by atoms with Gasteiger partial charge in [-0.3, -0.25) is 9.97 Å². The van der Waals surface area contributed by atoms with Gasteiger partial charge in [-0.15, -0.1) is 0 Å². The molecule has 234 valence electrons. The van der Waals surface area contributed by atoms with Crippen LogP contribution in [0.5, 0.6) is 0 Å². The monoisotopic (exact) mass is 638 g/mol. The molecule has 0 radical (unpaired) electrons. The smallest absolute Gasteiger partial charge is 0.161 e. The molecule has 0 N–H and O–H groups in total. The van der Waals surface area contributed by atoms with E-state index in [0.29, 0.717) is 5.82 Å². The van der Waals surface area contributed by atoms with Crippen molar-refractivity contribution < 1.29 is 0 Å². The molecule has 4 heteroatoms. The Morgan fingerprint density at radius 1 is 0.340 bits per heavy atom. The van der Waals surface area contributed by atoms with Crippen molar-refractivity contribution in [1.29, 1.82) is 0 Å². The largest absolute Gasteiger partial charge is 0.264 e. The summed E-state index contributed by atoms with van der Waals surface area (Å²) in [4.78, 5) is 19.3. The molecule has 9 aromatic rings. The van der Waals surface area contributed by atoms with Crippen molar-refractivity contribution >= 4 is 21.5 Å². The lowest BCUT2D eigenvalue weighted by molar-refractivity contribution is 1.17. The fraction of sp³-hybridized carbons (Fsp3) is 0. The fourth-order valence-electron chi connectivity index (χ4n) is 7.00. The van der Waals surface area contributed by atoms with Gasteiger partial charge >= 0.3 is 0 Å². The maximum absolute atomic E-state index is 5.15. The molecule has 0 unspecified atom stereocenters.